The number of ether oxygens (including phenoxy) is 1. The van der Waals surface area contributed by atoms with E-state index < -0.39 is 0 Å². The zero-order chi connectivity index (χ0) is 9.56. The predicted molar refractivity (Wildman–Crippen MR) is 53.5 cm³/mol. The van der Waals surface area contributed by atoms with E-state index in [4.69, 9.17) is 4.74 Å². The minimum Gasteiger partial charge on any atom is -0.383 e. The first-order valence-electron chi connectivity index (χ1n) is 4.91. The van der Waals surface area contributed by atoms with Crippen molar-refractivity contribution in [3.63, 3.8) is 0 Å². The molecular weight excluding hydrogens is 150 g/mol. The average Bonchev–Trinajstić information content (AvgIpc) is 2.03. The molecule has 0 heterocycles. The zero-order valence-corrected chi connectivity index (χ0v) is 9.13. The lowest BCUT2D eigenvalue weighted by molar-refractivity contribution is 0.0717. The van der Waals surface area contributed by atoms with Crippen molar-refractivity contribution in [3.05, 3.63) is 0 Å². The molecule has 0 aliphatic heterocycles. The smallest absolute Gasteiger partial charge is 0.0618 e. The molecular formula is C10H23NO. The van der Waals surface area contributed by atoms with Gasteiger partial charge in [0.1, 0.15) is 0 Å². The first-order chi connectivity index (χ1) is 5.67. The Kier molecular flexibility index (Phi) is 6.39. The molecule has 0 amide bonds. The highest BCUT2D eigenvalue weighted by Gasteiger charge is 2.17. The maximum Gasteiger partial charge on any atom is 0.0618 e. The molecule has 0 saturated heterocycles. The van der Waals surface area contributed by atoms with Gasteiger partial charge in [0.25, 0.3) is 0 Å². The van der Waals surface area contributed by atoms with Gasteiger partial charge in [-0.05, 0) is 26.8 Å². The molecule has 1 atom stereocenters. The van der Waals surface area contributed by atoms with Crippen LogP contribution in [-0.4, -0.2) is 37.2 Å². The second-order valence-corrected chi connectivity index (χ2v) is 3.44. The number of hydrogen-bond acceptors (Lipinski definition) is 2. The highest BCUT2D eigenvalue weighted by molar-refractivity contribution is 4.71. The Bertz CT molecular complexity index is 104. The summed E-state index contributed by atoms with van der Waals surface area (Å²) in [6, 6.07) is 1.20. The lowest BCUT2D eigenvalue weighted by atomic mass is 10.1. The maximum atomic E-state index is 5.19. The minimum atomic E-state index is 0.583. The molecule has 0 spiro atoms. The number of hydrogen-bond donors (Lipinski definition) is 0. The molecule has 0 aromatic carbocycles. The fourth-order valence-electron chi connectivity index (χ4n) is 1.69. The molecule has 0 bridgehead atoms. The van der Waals surface area contributed by atoms with E-state index in [0.29, 0.717) is 12.1 Å². The SMILES string of the molecule is CCC(COC)N(CC)C(C)C. The van der Waals surface area contributed by atoms with E-state index in [1.54, 1.807) is 7.11 Å². The van der Waals surface area contributed by atoms with Gasteiger partial charge >= 0.3 is 0 Å². The van der Waals surface area contributed by atoms with Crippen LogP contribution < -0.4 is 0 Å². The second-order valence-electron chi connectivity index (χ2n) is 3.44. The fraction of sp³-hybridized carbons (Fsp3) is 1.00. The third kappa shape index (κ3) is 3.55. The van der Waals surface area contributed by atoms with Crippen LogP contribution >= 0.6 is 0 Å². The molecule has 1 unspecified atom stereocenters. The first kappa shape index (κ1) is 11.9. The maximum absolute atomic E-state index is 5.19. The van der Waals surface area contributed by atoms with E-state index in [2.05, 4.69) is 32.6 Å². The van der Waals surface area contributed by atoms with Crippen LogP contribution in [0.4, 0.5) is 0 Å². The molecule has 0 aliphatic carbocycles. The van der Waals surface area contributed by atoms with Gasteiger partial charge in [0, 0.05) is 19.2 Å². The highest BCUT2D eigenvalue weighted by Crippen LogP contribution is 2.08. The average molecular weight is 173 g/mol. The van der Waals surface area contributed by atoms with Gasteiger partial charge in [-0.3, -0.25) is 4.90 Å². The van der Waals surface area contributed by atoms with Crippen LogP contribution in [0.2, 0.25) is 0 Å². The van der Waals surface area contributed by atoms with Crippen LogP contribution in [-0.2, 0) is 4.74 Å². The number of nitrogens with zero attached hydrogens (tertiary/aromatic N) is 1. The molecule has 0 fully saturated rings. The molecule has 0 radical (unpaired) electrons. The third-order valence-corrected chi connectivity index (χ3v) is 2.33. The Labute approximate surface area is 76.9 Å². The van der Waals surface area contributed by atoms with Gasteiger partial charge in [0.15, 0.2) is 0 Å². The van der Waals surface area contributed by atoms with Crippen molar-refractivity contribution in [1.29, 1.82) is 0 Å². The van der Waals surface area contributed by atoms with E-state index in [9.17, 15) is 0 Å². The van der Waals surface area contributed by atoms with Crippen molar-refractivity contribution < 1.29 is 4.74 Å². The third-order valence-electron chi connectivity index (χ3n) is 2.33. The van der Waals surface area contributed by atoms with Crippen molar-refractivity contribution in [1.82, 2.24) is 4.90 Å². The standard InChI is InChI=1S/C10H23NO/c1-6-10(8-12-5)11(7-2)9(3)4/h9-10H,6-8H2,1-5H3. The highest BCUT2D eigenvalue weighted by atomic mass is 16.5. The number of methoxy groups -OCH3 is 1. The molecule has 0 aliphatic rings. The van der Waals surface area contributed by atoms with E-state index in [0.717, 1.165) is 13.2 Å². The quantitative estimate of drug-likeness (QED) is 0.610. The van der Waals surface area contributed by atoms with Crippen LogP contribution in [0.1, 0.15) is 34.1 Å². The van der Waals surface area contributed by atoms with Crippen LogP contribution in [0, 0.1) is 0 Å². The summed E-state index contributed by atoms with van der Waals surface area (Å²) in [6.07, 6.45) is 1.17. The largest absolute Gasteiger partial charge is 0.383 e. The Morgan fingerprint density at radius 2 is 1.83 bits per heavy atom. The van der Waals surface area contributed by atoms with Crippen molar-refractivity contribution in [3.8, 4) is 0 Å². The van der Waals surface area contributed by atoms with Crippen LogP contribution in [0.5, 0.6) is 0 Å². The number of rotatable bonds is 6. The summed E-state index contributed by atoms with van der Waals surface area (Å²) in [5, 5.41) is 0. The topological polar surface area (TPSA) is 12.5 Å². The van der Waals surface area contributed by atoms with Gasteiger partial charge in [0.05, 0.1) is 6.61 Å². The Morgan fingerprint density at radius 1 is 1.25 bits per heavy atom. The van der Waals surface area contributed by atoms with Crippen molar-refractivity contribution in [2.75, 3.05) is 20.3 Å². The van der Waals surface area contributed by atoms with Gasteiger partial charge in [-0.1, -0.05) is 13.8 Å². The van der Waals surface area contributed by atoms with Crippen LogP contribution in [0.15, 0.2) is 0 Å². The summed E-state index contributed by atoms with van der Waals surface area (Å²) >= 11 is 0. The van der Waals surface area contributed by atoms with Crippen LogP contribution in [0.3, 0.4) is 0 Å². The molecule has 2 heteroatoms. The summed E-state index contributed by atoms with van der Waals surface area (Å²) in [5.41, 5.74) is 0. The second kappa shape index (κ2) is 6.44. The van der Waals surface area contributed by atoms with Crippen molar-refractivity contribution in [2.24, 2.45) is 0 Å². The molecule has 0 saturated carbocycles. The molecule has 74 valence electrons. The lowest BCUT2D eigenvalue weighted by Gasteiger charge is -2.32. The lowest BCUT2D eigenvalue weighted by Crippen LogP contribution is -2.42. The van der Waals surface area contributed by atoms with Gasteiger partial charge < -0.3 is 4.74 Å². The van der Waals surface area contributed by atoms with E-state index in [-0.39, 0.29) is 0 Å². The first-order valence-corrected chi connectivity index (χ1v) is 4.91. The van der Waals surface area contributed by atoms with E-state index in [1.807, 2.05) is 0 Å². The fourth-order valence-corrected chi connectivity index (χ4v) is 1.69. The molecule has 0 rings (SSSR count). The van der Waals surface area contributed by atoms with Gasteiger partial charge in [-0.15, -0.1) is 0 Å². The Hall–Kier alpha value is -0.0800. The summed E-state index contributed by atoms with van der Waals surface area (Å²) in [7, 11) is 1.77. The molecule has 0 aromatic rings. The summed E-state index contributed by atoms with van der Waals surface area (Å²) in [5.74, 6) is 0. The van der Waals surface area contributed by atoms with Gasteiger partial charge in [-0.2, -0.15) is 0 Å². The van der Waals surface area contributed by atoms with Crippen molar-refractivity contribution >= 4 is 0 Å². The summed E-state index contributed by atoms with van der Waals surface area (Å²) < 4.78 is 5.19. The normalized spacial score (nSPS) is 14.2. The molecule has 0 N–H and O–H groups in total. The van der Waals surface area contributed by atoms with Gasteiger partial charge in [0.2, 0.25) is 0 Å². The van der Waals surface area contributed by atoms with E-state index >= 15 is 0 Å². The van der Waals surface area contributed by atoms with E-state index in [1.165, 1.54) is 6.42 Å². The predicted octanol–water partition coefficient (Wildman–Crippen LogP) is 2.14. The molecule has 2 nitrogen and oxygen atoms in total. The molecule has 0 aromatic heterocycles. The zero-order valence-electron chi connectivity index (χ0n) is 9.13. The Morgan fingerprint density at radius 3 is 2.08 bits per heavy atom. The molecule has 12 heavy (non-hydrogen) atoms. The van der Waals surface area contributed by atoms with Crippen molar-refractivity contribution in [2.45, 2.75) is 46.2 Å². The monoisotopic (exact) mass is 173 g/mol. The summed E-state index contributed by atoms with van der Waals surface area (Å²) in [6.45, 7) is 10.9. The Balaban J connectivity index is 4.02. The van der Waals surface area contributed by atoms with Gasteiger partial charge in [-0.25, -0.2) is 0 Å². The number of likely N-dealkylation sites (N-methyl/N-ethyl adjacent to an activating group) is 1. The minimum absolute atomic E-state index is 0.583. The van der Waals surface area contributed by atoms with Crippen LogP contribution in [0.25, 0.3) is 0 Å². The summed E-state index contributed by atoms with van der Waals surface area (Å²) in [4.78, 5) is 2.48.